The van der Waals surface area contributed by atoms with Crippen molar-refractivity contribution in [1.29, 1.82) is 0 Å². The van der Waals surface area contributed by atoms with Gasteiger partial charge in [0.25, 0.3) is 5.89 Å². The van der Waals surface area contributed by atoms with Gasteiger partial charge in [0.2, 0.25) is 5.91 Å². The summed E-state index contributed by atoms with van der Waals surface area (Å²) in [7, 11) is 0. The van der Waals surface area contributed by atoms with Crippen LogP contribution in [0.1, 0.15) is 27.2 Å². The van der Waals surface area contributed by atoms with Crippen LogP contribution in [0.2, 0.25) is 0 Å². The van der Waals surface area contributed by atoms with Crippen molar-refractivity contribution in [3.05, 3.63) is 28.1 Å². The second kappa shape index (κ2) is 6.71. The lowest BCUT2D eigenvalue weighted by atomic mass is 10.1. The summed E-state index contributed by atoms with van der Waals surface area (Å²) in [5.41, 5.74) is 0. The van der Waals surface area contributed by atoms with Gasteiger partial charge in [0.05, 0.1) is 11.4 Å². The monoisotopic (exact) mass is 309 g/mol. The maximum Gasteiger partial charge on any atom is 0.437 e. The van der Waals surface area contributed by atoms with Crippen molar-refractivity contribution in [1.82, 2.24) is 15.1 Å². The third-order valence-electron chi connectivity index (χ3n) is 2.79. The highest BCUT2D eigenvalue weighted by Crippen LogP contribution is 2.20. The maximum atomic E-state index is 11.8. The van der Waals surface area contributed by atoms with Crippen molar-refractivity contribution < 1.29 is 9.21 Å². The number of rotatable bonds is 6. The van der Waals surface area contributed by atoms with E-state index in [2.05, 4.69) is 10.4 Å². The zero-order chi connectivity index (χ0) is 15.4. The molecule has 0 aliphatic carbocycles. The first-order valence-corrected chi connectivity index (χ1v) is 7.75. The highest BCUT2D eigenvalue weighted by molar-refractivity contribution is 7.13. The first-order chi connectivity index (χ1) is 9.95. The molecule has 0 unspecified atom stereocenters. The molecule has 114 valence electrons. The molecule has 0 bridgehead atoms. The molecule has 0 aliphatic heterocycles. The Hall–Kier alpha value is -1.89. The van der Waals surface area contributed by atoms with Gasteiger partial charge in [-0.1, -0.05) is 19.9 Å². The van der Waals surface area contributed by atoms with Gasteiger partial charge in [-0.2, -0.15) is 4.68 Å². The topological polar surface area (TPSA) is 77.1 Å². The zero-order valence-electron chi connectivity index (χ0n) is 12.3. The smallest absolute Gasteiger partial charge is 0.387 e. The van der Waals surface area contributed by atoms with Gasteiger partial charge >= 0.3 is 5.76 Å². The van der Waals surface area contributed by atoms with Crippen LogP contribution in [-0.2, 0) is 11.3 Å². The van der Waals surface area contributed by atoms with Crippen molar-refractivity contribution >= 4 is 17.2 Å². The molecule has 0 radical (unpaired) electrons. The fraction of sp³-hybridized carbons (Fsp3) is 0.500. The minimum atomic E-state index is -0.511. The van der Waals surface area contributed by atoms with Crippen LogP contribution in [0.15, 0.2) is 26.7 Å². The van der Waals surface area contributed by atoms with Gasteiger partial charge in [-0.15, -0.1) is 16.4 Å². The first-order valence-electron chi connectivity index (χ1n) is 6.87. The molecule has 2 rings (SSSR count). The Morgan fingerprint density at radius 2 is 2.24 bits per heavy atom. The Kier molecular flexibility index (Phi) is 4.95. The zero-order valence-corrected chi connectivity index (χ0v) is 13.1. The van der Waals surface area contributed by atoms with Crippen molar-refractivity contribution in [2.45, 2.75) is 39.8 Å². The lowest BCUT2D eigenvalue weighted by Crippen LogP contribution is -2.38. The summed E-state index contributed by atoms with van der Waals surface area (Å²) >= 11 is 1.46. The van der Waals surface area contributed by atoms with E-state index >= 15 is 0 Å². The SMILES string of the molecule is CC(C)CC(=O)N[C@@H](C)Cn1nc(-c2cccs2)oc1=O. The molecule has 6 nitrogen and oxygen atoms in total. The van der Waals surface area contributed by atoms with Gasteiger partial charge in [-0.3, -0.25) is 4.79 Å². The molecule has 2 aromatic rings. The predicted molar refractivity (Wildman–Crippen MR) is 81.1 cm³/mol. The predicted octanol–water partition coefficient (Wildman–Crippen LogP) is 2.12. The highest BCUT2D eigenvalue weighted by Gasteiger charge is 2.15. The van der Waals surface area contributed by atoms with Crippen LogP contribution in [0.4, 0.5) is 0 Å². The standard InChI is InChI=1S/C14H19N3O3S/c1-9(2)7-12(18)15-10(3)8-17-14(19)20-13(16-17)11-5-4-6-21-11/h4-6,9-10H,7-8H2,1-3H3,(H,15,18)/t10-/m0/s1. The van der Waals surface area contributed by atoms with E-state index in [1.807, 2.05) is 38.3 Å². The number of nitrogens with one attached hydrogen (secondary N) is 1. The third-order valence-corrected chi connectivity index (χ3v) is 3.64. The van der Waals surface area contributed by atoms with E-state index in [1.54, 1.807) is 0 Å². The van der Waals surface area contributed by atoms with Crippen LogP contribution in [0.25, 0.3) is 10.8 Å². The van der Waals surface area contributed by atoms with Gasteiger partial charge in [-0.25, -0.2) is 4.79 Å². The Morgan fingerprint density at radius 3 is 2.86 bits per heavy atom. The summed E-state index contributed by atoms with van der Waals surface area (Å²) in [6.07, 6.45) is 0.471. The number of amides is 1. The molecule has 2 heterocycles. The molecular formula is C14H19N3O3S. The average molecular weight is 309 g/mol. The molecule has 0 saturated heterocycles. The number of nitrogens with zero attached hydrogens (tertiary/aromatic N) is 2. The summed E-state index contributed by atoms with van der Waals surface area (Å²) in [5, 5.41) is 8.90. The Morgan fingerprint density at radius 1 is 1.48 bits per heavy atom. The molecule has 2 aromatic heterocycles. The summed E-state index contributed by atoms with van der Waals surface area (Å²) in [5.74, 6) is 0.0870. The second-order valence-corrected chi connectivity index (χ2v) is 6.35. The molecular weight excluding hydrogens is 290 g/mol. The van der Waals surface area contributed by atoms with Crippen LogP contribution < -0.4 is 11.1 Å². The molecule has 1 N–H and O–H groups in total. The van der Waals surface area contributed by atoms with E-state index in [9.17, 15) is 9.59 Å². The number of carbonyl (C=O) groups is 1. The number of hydrogen-bond acceptors (Lipinski definition) is 5. The molecule has 1 amide bonds. The van der Waals surface area contributed by atoms with Crippen molar-refractivity contribution in [3.8, 4) is 10.8 Å². The van der Waals surface area contributed by atoms with Crippen molar-refractivity contribution in [2.24, 2.45) is 5.92 Å². The van der Waals surface area contributed by atoms with E-state index in [0.717, 1.165) is 4.88 Å². The van der Waals surface area contributed by atoms with Gasteiger partial charge in [0.15, 0.2) is 0 Å². The molecule has 0 fully saturated rings. The fourth-order valence-electron chi connectivity index (χ4n) is 1.93. The maximum absolute atomic E-state index is 11.8. The van der Waals surface area contributed by atoms with Crippen LogP contribution in [0.5, 0.6) is 0 Å². The number of aromatic nitrogens is 2. The normalized spacial score (nSPS) is 12.6. The highest BCUT2D eigenvalue weighted by atomic mass is 32.1. The van der Waals surface area contributed by atoms with Crippen LogP contribution in [-0.4, -0.2) is 21.7 Å². The Labute approximate surface area is 126 Å². The minimum Gasteiger partial charge on any atom is -0.387 e. The molecule has 0 spiro atoms. The Bertz CT molecular complexity index is 643. The van der Waals surface area contributed by atoms with Gasteiger partial charge < -0.3 is 9.73 Å². The fourth-order valence-corrected chi connectivity index (χ4v) is 2.58. The molecule has 21 heavy (non-hydrogen) atoms. The van der Waals surface area contributed by atoms with Crippen LogP contribution in [0.3, 0.4) is 0 Å². The molecule has 0 aromatic carbocycles. The lowest BCUT2D eigenvalue weighted by molar-refractivity contribution is -0.122. The number of hydrogen-bond donors (Lipinski definition) is 1. The number of thiophene rings is 1. The molecule has 7 heteroatoms. The minimum absolute atomic E-state index is 0.0208. The van der Waals surface area contributed by atoms with Crippen molar-refractivity contribution in [2.75, 3.05) is 0 Å². The summed E-state index contributed by atoms with van der Waals surface area (Å²) in [4.78, 5) is 24.3. The van der Waals surface area contributed by atoms with Crippen molar-refractivity contribution in [3.63, 3.8) is 0 Å². The Balaban J connectivity index is 2.00. The van der Waals surface area contributed by atoms with Gasteiger partial charge in [-0.05, 0) is 24.3 Å². The van der Waals surface area contributed by atoms with E-state index < -0.39 is 5.76 Å². The van der Waals surface area contributed by atoms with E-state index in [1.165, 1.54) is 16.0 Å². The summed E-state index contributed by atoms with van der Waals surface area (Å²) < 4.78 is 6.37. The largest absolute Gasteiger partial charge is 0.437 e. The average Bonchev–Trinajstić information content (AvgIpc) is 2.98. The first kappa shape index (κ1) is 15.5. The number of carbonyl (C=O) groups excluding carboxylic acids is 1. The quantitative estimate of drug-likeness (QED) is 0.886. The van der Waals surface area contributed by atoms with Gasteiger partial charge in [0.1, 0.15) is 0 Å². The summed E-state index contributed by atoms with van der Waals surface area (Å²) in [6.45, 7) is 6.10. The van der Waals surface area contributed by atoms with Gasteiger partial charge in [0, 0.05) is 12.5 Å². The lowest BCUT2D eigenvalue weighted by Gasteiger charge is -2.13. The van der Waals surface area contributed by atoms with E-state index in [0.29, 0.717) is 18.2 Å². The summed E-state index contributed by atoms with van der Waals surface area (Å²) in [6, 6.07) is 3.53. The molecule has 0 saturated carbocycles. The molecule has 1 atom stereocenters. The second-order valence-electron chi connectivity index (χ2n) is 5.40. The van der Waals surface area contributed by atoms with E-state index in [-0.39, 0.29) is 18.5 Å². The molecule has 0 aliphatic rings. The van der Waals surface area contributed by atoms with E-state index in [4.69, 9.17) is 4.42 Å². The van der Waals surface area contributed by atoms with Crippen LogP contribution in [0, 0.1) is 5.92 Å². The third kappa shape index (κ3) is 4.29. The van der Waals surface area contributed by atoms with Crippen LogP contribution >= 0.6 is 11.3 Å².